The number of carbonyl (C=O) groups excluding carboxylic acids is 3. The summed E-state index contributed by atoms with van der Waals surface area (Å²) >= 11 is 0. The van der Waals surface area contributed by atoms with E-state index in [0.29, 0.717) is 24.0 Å². The van der Waals surface area contributed by atoms with E-state index in [1.807, 2.05) is 6.92 Å². The number of carboxylic acid groups (broad SMARTS) is 1. The summed E-state index contributed by atoms with van der Waals surface area (Å²) in [7, 11) is 0. The Morgan fingerprint density at radius 2 is 1.79 bits per heavy atom. The van der Waals surface area contributed by atoms with Crippen LogP contribution in [0.2, 0.25) is 0 Å². The van der Waals surface area contributed by atoms with Gasteiger partial charge in [0.2, 0.25) is 5.78 Å². The highest BCUT2D eigenvalue weighted by Crippen LogP contribution is 2.52. The molecular weight excluding hydrogens is 444 g/mol. The van der Waals surface area contributed by atoms with Crippen molar-refractivity contribution in [3.63, 3.8) is 0 Å². The number of phenolic OH excluding ortho intramolecular Hbond substituents is 1. The molecule has 1 aromatic rings. The number of aliphatic hydroxyl groups is 3. The van der Waals surface area contributed by atoms with Crippen LogP contribution in [0, 0.1) is 11.8 Å². The van der Waals surface area contributed by atoms with Gasteiger partial charge in [0.1, 0.15) is 17.1 Å². The van der Waals surface area contributed by atoms with E-state index < -0.39 is 58.5 Å². The molecule has 0 aromatic heterocycles. The van der Waals surface area contributed by atoms with Gasteiger partial charge in [-0.15, -0.1) is 0 Å². The normalized spacial score (nSPS) is 26.2. The number of phenols is 1. The molecule has 0 saturated heterocycles. The molecule has 1 fully saturated rings. The van der Waals surface area contributed by atoms with Crippen LogP contribution in [-0.4, -0.2) is 54.5 Å². The molecule has 9 heteroatoms. The van der Waals surface area contributed by atoms with Crippen LogP contribution < -0.4 is 0 Å². The highest BCUT2D eigenvalue weighted by atomic mass is 16.4. The number of carboxylic acids is 1. The Morgan fingerprint density at radius 1 is 1.09 bits per heavy atom. The first-order chi connectivity index (χ1) is 16.0. The van der Waals surface area contributed by atoms with Crippen LogP contribution in [0.1, 0.15) is 66.9 Å². The van der Waals surface area contributed by atoms with Gasteiger partial charge in [-0.25, -0.2) is 4.79 Å². The summed E-state index contributed by atoms with van der Waals surface area (Å²) in [5.74, 6) is -7.93. The SMILES string of the molecule is CCCCCC(=O)c1ccc(O)c2c1C[C@H]1C[C@H]3CC(=O)C(C(=O)O)=C(O)[C@@]3(O)C(=O)C1=C2O. The molecule has 0 radical (unpaired) electrons. The minimum Gasteiger partial charge on any atom is -0.508 e. The molecule has 1 saturated carbocycles. The van der Waals surface area contributed by atoms with Gasteiger partial charge in [0, 0.05) is 29.9 Å². The van der Waals surface area contributed by atoms with Gasteiger partial charge < -0.3 is 25.5 Å². The number of hydrogen-bond donors (Lipinski definition) is 5. The smallest absolute Gasteiger partial charge is 0.342 e. The zero-order valence-corrected chi connectivity index (χ0v) is 18.6. The molecule has 4 rings (SSSR count). The lowest BCUT2D eigenvalue weighted by Crippen LogP contribution is -2.58. The lowest BCUT2D eigenvalue weighted by Gasteiger charge is -2.46. The number of aromatic hydroxyl groups is 1. The number of fused-ring (bicyclic) bond motifs is 3. The predicted molar refractivity (Wildman–Crippen MR) is 118 cm³/mol. The third-order valence-electron chi connectivity index (χ3n) is 7.22. The fourth-order valence-electron chi connectivity index (χ4n) is 5.52. The Kier molecular flexibility index (Phi) is 5.85. The number of aliphatic hydroxyl groups excluding tert-OH is 2. The first kappa shape index (κ1) is 23.7. The van der Waals surface area contributed by atoms with Gasteiger partial charge in [0.25, 0.3) is 0 Å². The summed E-state index contributed by atoms with van der Waals surface area (Å²) in [5, 5.41) is 52.5. The molecule has 0 spiro atoms. The van der Waals surface area contributed by atoms with Crippen molar-refractivity contribution in [3.05, 3.63) is 45.7 Å². The Bertz CT molecular complexity index is 1190. The minimum absolute atomic E-state index is 0.0110. The van der Waals surface area contributed by atoms with E-state index in [-0.39, 0.29) is 35.5 Å². The molecule has 3 aliphatic rings. The number of Topliss-reactive ketones (excluding diaryl/α,β-unsaturated/α-hetero) is 3. The maximum absolute atomic E-state index is 13.4. The molecule has 0 amide bonds. The Labute approximate surface area is 195 Å². The summed E-state index contributed by atoms with van der Waals surface area (Å²) < 4.78 is 0. The summed E-state index contributed by atoms with van der Waals surface area (Å²) in [4.78, 5) is 50.1. The van der Waals surface area contributed by atoms with Gasteiger partial charge in [-0.1, -0.05) is 19.8 Å². The van der Waals surface area contributed by atoms with Crippen LogP contribution in [0.3, 0.4) is 0 Å². The highest BCUT2D eigenvalue weighted by molar-refractivity contribution is 6.21. The summed E-state index contributed by atoms with van der Waals surface area (Å²) in [6.07, 6.45) is 2.42. The quantitative estimate of drug-likeness (QED) is 0.238. The van der Waals surface area contributed by atoms with Crippen molar-refractivity contribution in [2.45, 2.75) is 57.5 Å². The van der Waals surface area contributed by atoms with Gasteiger partial charge in [0.05, 0.1) is 5.56 Å². The lowest BCUT2D eigenvalue weighted by molar-refractivity contribution is -0.149. The Morgan fingerprint density at radius 3 is 2.44 bits per heavy atom. The number of hydrogen-bond acceptors (Lipinski definition) is 8. The van der Waals surface area contributed by atoms with E-state index in [2.05, 4.69) is 0 Å². The largest absolute Gasteiger partial charge is 0.508 e. The van der Waals surface area contributed by atoms with E-state index in [0.717, 1.165) is 12.8 Å². The van der Waals surface area contributed by atoms with E-state index in [1.54, 1.807) is 0 Å². The summed E-state index contributed by atoms with van der Waals surface area (Å²) in [6.45, 7) is 2.01. The van der Waals surface area contributed by atoms with Gasteiger partial charge in [-0.2, -0.15) is 0 Å². The van der Waals surface area contributed by atoms with Crippen LogP contribution in [0.15, 0.2) is 29.0 Å². The van der Waals surface area contributed by atoms with Crippen molar-refractivity contribution in [2.24, 2.45) is 11.8 Å². The summed E-state index contributed by atoms with van der Waals surface area (Å²) in [5.41, 5.74) is -3.36. The monoisotopic (exact) mass is 470 g/mol. The molecule has 9 nitrogen and oxygen atoms in total. The molecule has 3 aliphatic carbocycles. The van der Waals surface area contributed by atoms with E-state index in [1.165, 1.54) is 12.1 Å². The van der Waals surface area contributed by atoms with Crippen molar-refractivity contribution in [3.8, 4) is 5.75 Å². The number of unbranched alkanes of at least 4 members (excludes halogenated alkanes) is 2. The summed E-state index contributed by atoms with van der Waals surface area (Å²) in [6, 6.07) is 2.74. The number of benzene rings is 1. The zero-order valence-electron chi connectivity index (χ0n) is 18.6. The molecule has 3 atom stereocenters. The predicted octanol–water partition coefficient (Wildman–Crippen LogP) is 2.79. The van der Waals surface area contributed by atoms with Crippen LogP contribution in [0.5, 0.6) is 5.75 Å². The number of ketones is 3. The van der Waals surface area contributed by atoms with Crippen LogP contribution in [0.4, 0.5) is 0 Å². The molecule has 0 heterocycles. The molecule has 1 aromatic carbocycles. The number of carbonyl (C=O) groups is 4. The highest BCUT2D eigenvalue weighted by Gasteiger charge is 2.60. The van der Waals surface area contributed by atoms with Crippen molar-refractivity contribution in [1.82, 2.24) is 0 Å². The first-order valence-electron chi connectivity index (χ1n) is 11.3. The molecule has 0 aliphatic heterocycles. The second-order valence-electron chi connectivity index (χ2n) is 9.21. The Hall–Kier alpha value is -3.46. The third kappa shape index (κ3) is 3.34. The van der Waals surface area contributed by atoms with E-state index in [9.17, 15) is 44.7 Å². The molecular formula is C25H26O9. The molecule has 5 N–H and O–H groups in total. The topological polar surface area (TPSA) is 169 Å². The van der Waals surface area contributed by atoms with Gasteiger partial charge in [-0.05, 0) is 42.9 Å². The van der Waals surface area contributed by atoms with Crippen molar-refractivity contribution in [1.29, 1.82) is 0 Å². The maximum Gasteiger partial charge on any atom is 0.342 e. The maximum atomic E-state index is 13.4. The van der Waals surface area contributed by atoms with E-state index >= 15 is 0 Å². The van der Waals surface area contributed by atoms with Crippen LogP contribution in [0.25, 0.3) is 5.76 Å². The zero-order chi connectivity index (χ0) is 24.9. The van der Waals surface area contributed by atoms with Gasteiger partial charge in [0.15, 0.2) is 22.9 Å². The van der Waals surface area contributed by atoms with Crippen molar-refractivity contribution in [2.75, 3.05) is 0 Å². The number of aliphatic carboxylic acids is 1. The fourth-order valence-corrected chi connectivity index (χ4v) is 5.52. The average Bonchev–Trinajstić information content (AvgIpc) is 2.76. The standard InChI is InChI=1S/C25H26O9/c1-2-3-4-5-15(26)13-6-7-16(27)19-14(13)9-11-8-12-10-17(28)20(24(32)33)23(31)25(12,34)22(30)18(11)21(19)29/h6-7,11-12,27,29,31,34H,2-5,8-10H2,1H3,(H,32,33)/t11-,12+,25+/m1/s1. The van der Waals surface area contributed by atoms with Crippen molar-refractivity contribution >= 4 is 29.1 Å². The lowest BCUT2D eigenvalue weighted by atomic mass is 9.59. The third-order valence-corrected chi connectivity index (χ3v) is 7.22. The minimum atomic E-state index is -2.68. The van der Waals surface area contributed by atoms with Gasteiger partial charge >= 0.3 is 5.97 Å². The first-order valence-corrected chi connectivity index (χ1v) is 11.3. The molecule has 0 unspecified atom stereocenters. The van der Waals surface area contributed by atoms with Gasteiger partial charge in [-0.3, -0.25) is 14.4 Å². The van der Waals surface area contributed by atoms with Crippen LogP contribution >= 0.6 is 0 Å². The number of rotatable bonds is 6. The second-order valence-corrected chi connectivity index (χ2v) is 9.21. The molecule has 0 bridgehead atoms. The molecule has 180 valence electrons. The van der Waals surface area contributed by atoms with E-state index in [4.69, 9.17) is 0 Å². The average molecular weight is 470 g/mol. The fraction of sp³-hybridized carbons (Fsp3) is 0.440. The second kappa shape index (κ2) is 8.39. The van der Waals surface area contributed by atoms with Crippen molar-refractivity contribution < 1.29 is 44.7 Å². The molecule has 34 heavy (non-hydrogen) atoms. The van der Waals surface area contributed by atoms with Crippen LogP contribution in [-0.2, 0) is 20.8 Å². The Balaban J connectivity index is 1.84.